The number of hydrogen-bond donors (Lipinski definition) is 1. The zero-order chi connectivity index (χ0) is 17.5. The fourth-order valence-electron chi connectivity index (χ4n) is 2.32. The molecule has 5 heteroatoms. The smallest absolute Gasteiger partial charge is 0.261 e. The second-order valence-electron chi connectivity index (χ2n) is 5.55. The van der Waals surface area contributed by atoms with Gasteiger partial charge >= 0.3 is 0 Å². The zero-order valence-corrected chi connectivity index (χ0v) is 14.4. The average Bonchev–Trinajstić information content (AvgIpc) is 3.11. The molecule has 0 radical (unpaired) electrons. The van der Waals surface area contributed by atoms with E-state index in [1.54, 1.807) is 12.1 Å². The third kappa shape index (κ3) is 5.16. The second kappa shape index (κ2) is 8.44. The number of benzene rings is 2. The quantitative estimate of drug-likeness (QED) is 0.680. The Morgan fingerprint density at radius 1 is 1.04 bits per heavy atom. The van der Waals surface area contributed by atoms with Crippen LogP contribution in [0.15, 0.2) is 66.0 Å². The largest absolute Gasteiger partial charge is 0.489 e. The molecule has 3 nitrogen and oxygen atoms in total. The minimum Gasteiger partial charge on any atom is -0.489 e. The summed E-state index contributed by atoms with van der Waals surface area (Å²) < 4.78 is 18.4. The van der Waals surface area contributed by atoms with E-state index in [2.05, 4.69) is 5.32 Å². The molecule has 1 heterocycles. The van der Waals surface area contributed by atoms with Crippen molar-refractivity contribution in [2.24, 2.45) is 0 Å². The van der Waals surface area contributed by atoms with Gasteiger partial charge in [-0.25, -0.2) is 4.39 Å². The number of thiophene rings is 1. The van der Waals surface area contributed by atoms with Crippen molar-refractivity contribution in [3.63, 3.8) is 0 Å². The highest BCUT2D eigenvalue weighted by atomic mass is 32.1. The number of amides is 1. The lowest BCUT2D eigenvalue weighted by atomic mass is 10.1. The van der Waals surface area contributed by atoms with Gasteiger partial charge in [0.1, 0.15) is 18.2 Å². The van der Waals surface area contributed by atoms with Crippen LogP contribution in [0.25, 0.3) is 0 Å². The lowest BCUT2D eigenvalue weighted by Gasteiger charge is -2.04. The highest BCUT2D eigenvalue weighted by Crippen LogP contribution is 2.18. The van der Waals surface area contributed by atoms with E-state index < -0.39 is 0 Å². The lowest BCUT2D eigenvalue weighted by molar-refractivity contribution is 0.0958. The molecule has 0 bridgehead atoms. The molecule has 25 heavy (non-hydrogen) atoms. The van der Waals surface area contributed by atoms with Crippen molar-refractivity contribution in [3.8, 4) is 5.75 Å². The monoisotopic (exact) mass is 355 g/mol. The number of nitrogens with one attached hydrogen (secondary N) is 1. The van der Waals surface area contributed by atoms with Crippen LogP contribution in [0.3, 0.4) is 0 Å². The van der Waals surface area contributed by atoms with Crippen LogP contribution in [-0.4, -0.2) is 12.5 Å². The molecule has 0 aliphatic rings. The fraction of sp³-hybridized carbons (Fsp3) is 0.150. The van der Waals surface area contributed by atoms with E-state index in [1.807, 2.05) is 41.8 Å². The van der Waals surface area contributed by atoms with Gasteiger partial charge in [0.2, 0.25) is 0 Å². The molecule has 0 unspecified atom stereocenters. The van der Waals surface area contributed by atoms with Crippen LogP contribution >= 0.6 is 11.3 Å². The van der Waals surface area contributed by atoms with E-state index >= 15 is 0 Å². The number of carbonyl (C=O) groups excluding carboxylic acids is 1. The zero-order valence-electron chi connectivity index (χ0n) is 13.6. The molecule has 1 N–H and O–H groups in total. The van der Waals surface area contributed by atoms with Gasteiger partial charge in [-0.05, 0) is 47.7 Å². The van der Waals surface area contributed by atoms with Crippen LogP contribution in [0.5, 0.6) is 5.75 Å². The minimum atomic E-state index is -0.294. The maximum Gasteiger partial charge on any atom is 0.261 e. The van der Waals surface area contributed by atoms with Crippen molar-refractivity contribution >= 4 is 17.2 Å². The van der Waals surface area contributed by atoms with Gasteiger partial charge in [0.05, 0.1) is 4.88 Å². The molecule has 0 saturated carbocycles. The molecule has 2 aromatic carbocycles. The van der Waals surface area contributed by atoms with E-state index in [4.69, 9.17) is 4.74 Å². The Bertz CT molecular complexity index is 815. The van der Waals surface area contributed by atoms with Gasteiger partial charge in [0, 0.05) is 12.1 Å². The molecule has 1 aromatic heterocycles. The third-order valence-electron chi connectivity index (χ3n) is 3.64. The summed E-state index contributed by atoms with van der Waals surface area (Å²) in [6.45, 7) is 0.946. The Morgan fingerprint density at radius 3 is 2.56 bits per heavy atom. The maximum atomic E-state index is 12.9. The molecule has 0 aliphatic carbocycles. The van der Waals surface area contributed by atoms with Gasteiger partial charge in [-0.1, -0.05) is 30.3 Å². The summed E-state index contributed by atoms with van der Waals surface area (Å²) in [7, 11) is 0. The van der Waals surface area contributed by atoms with Gasteiger partial charge < -0.3 is 10.1 Å². The lowest BCUT2D eigenvalue weighted by Crippen LogP contribution is -2.24. The highest BCUT2D eigenvalue weighted by molar-refractivity contribution is 7.12. The van der Waals surface area contributed by atoms with Crippen LogP contribution in [0.4, 0.5) is 4.39 Å². The molecule has 0 saturated heterocycles. The van der Waals surface area contributed by atoms with E-state index in [9.17, 15) is 9.18 Å². The summed E-state index contributed by atoms with van der Waals surface area (Å²) in [4.78, 5) is 12.8. The van der Waals surface area contributed by atoms with Crippen LogP contribution in [0.1, 0.15) is 20.8 Å². The van der Waals surface area contributed by atoms with E-state index in [0.717, 1.165) is 12.0 Å². The first-order valence-corrected chi connectivity index (χ1v) is 8.86. The normalized spacial score (nSPS) is 10.4. The van der Waals surface area contributed by atoms with Crippen molar-refractivity contribution in [2.45, 2.75) is 13.0 Å². The summed E-state index contributed by atoms with van der Waals surface area (Å²) in [5.41, 5.74) is 2.12. The predicted octanol–water partition coefficient (Wildman–Crippen LogP) is 4.44. The number of hydrogen-bond acceptors (Lipinski definition) is 3. The molecule has 0 atom stereocenters. The topological polar surface area (TPSA) is 38.3 Å². The number of halogens is 1. The van der Waals surface area contributed by atoms with Crippen LogP contribution in [-0.2, 0) is 13.0 Å². The standard InChI is InChI=1S/C20H18FNO2S/c21-17-6-8-18(9-7-17)24-13-16-12-19(25-14-16)20(23)22-11-10-15-4-2-1-3-5-15/h1-9,12,14H,10-11,13H2,(H,22,23). The summed E-state index contributed by atoms with van der Waals surface area (Å²) in [5, 5.41) is 4.83. The van der Waals surface area contributed by atoms with Gasteiger partial charge in [-0.3, -0.25) is 4.79 Å². The van der Waals surface area contributed by atoms with Crippen molar-refractivity contribution in [2.75, 3.05) is 6.54 Å². The Kier molecular flexibility index (Phi) is 5.80. The third-order valence-corrected chi connectivity index (χ3v) is 4.62. The molecule has 1 amide bonds. The average molecular weight is 355 g/mol. The van der Waals surface area contributed by atoms with E-state index in [-0.39, 0.29) is 11.7 Å². The number of ether oxygens (including phenoxy) is 1. The number of rotatable bonds is 7. The molecular weight excluding hydrogens is 337 g/mol. The molecular formula is C20H18FNO2S. The molecule has 0 fully saturated rings. The van der Waals surface area contributed by atoms with Crippen LogP contribution in [0, 0.1) is 5.82 Å². The van der Waals surface area contributed by atoms with Crippen molar-refractivity contribution in [1.29, 1.82) is 0 Å². The first kappa shape index (κ1) is 17.2. The Morgan fingerprint density at radius 2 is 1.80 bits per heavy atom. The fourth-order valence-corrected chi connectivity index (χ4v) is 3.13. The van der Waals surface area contributed by atoms with Gasteiger partial charge in [-0.2, -0.15) is 0 Å². The van der Waals surface area contributed by atoms with Crippen molar-refractivity contribution in [1.82, 2.24) is 5.32 Å². The SMILES string of the molecule is O=C(NCCc1ccccc1)c1cc(COc2ccc(F)cc2)cs1. The summed E-state index contributed by atoms with van der Waals surface area (Å²) >= 11 is 1.39. The minimum absolute atomic E-state index is 0.0750. The second-order valence-corrected chi connectivity index (χ2v) is 6.46. The highest BCUT2D eigenvalue weighted by Gasteiger charge is 2.09. The predicted molar refractivity (Wildman–Crippen MR) is 97.5 cm³/mol. The Balaban J connectivity index is 1.47. The first-order valence-electron chi connectivity index (χ1n) is 7.98. The Labute approximate surface area is 150 Å². The summed E-state index contributed by atoms with van der Waals surface area (Å²) in [6.07, 6.45) is 0.804. The van der Waals surface area contributed by atoms with Crippen molar-refractivity contribution in [3.05, 3.63) is 87.9 Å². The summed E-state index contributed by atoms with van der Waals surface area (Å²) in [5.74, 6) is 0.229. The molecule has 128 valence electrons. The van der Waals surface area contributed by atoms with Gasteiger partial charge in [-0.15, -0.1) is 11.3 Å². The van der Waals surface area contributed by atoms with Gasteiger partial charge in [0.25, 0.3) is 5.91 Å². The Hall–Kier alpha value is -2.66. The maximum absolute atomic E-state index is 12.9. The van der Waals surface area contributed by atoms with Crippen LogP contribution < -0.4 is 10.1 Å². The number of carbonyl (C=O) groups is 1. The summed E-state index contributed by atoms with van der Waals surface area (Å²) in [6, 6.07) is 17.7. The molecule has 0 spiro atoms. The first-order chi connectivity index (χ1) is 12.2. The molecule has 0 aliphatic heterocycles. The molecule has 3 aromatic rings. The van der Waals surface area contributed by atoms with Crippen LogP contribution in [0.2, 0.25) is 0 Å². The van der Waals surface area contributed by atoms with Crippen molar-refractivity contribution < 1.29 is 13.9 Å². The van der Waals surface area contributed by atoms with E-state index in [0.29, 0.717) is 23.8 Å². The molecule has 3 rings (SSSR count). The van der Waals surface area contributed by atoms with Gasteiger partial charge in [0.15, 0.2) is 0 Å². The van der Waals surface area contributed by atoms with E-state index in [1.165, 1.54) is 29.0 Å².